The van der Waals surface area contributed by atoms with E-state index in [2.05, 4.69) is 30.6 Å². The van der Waals surface area contributed by atoms with Gasteiger partial charge in [0.05, 0.1) is 5.92 Å². The molecule has 0 amide bonds. The highest BCUT2D eigenvalue weighted by atomic mass is 79.9. The van der Waals surface area contributed by atoms with Crippen molar-refractivity contribution >= 4 is 15.9 Å². The molecule has 0 atom stereocenters. The summed E-state index contributed by atoms with van der Waals surface area (Å²) in [4.78, 5) is 6.12. The first-order chi connectivity index (χ1) is 10.9. The van der Waals surface area contributed by atoms with Crippen molar-refractivity contribution in [2.24, 2.45) is 0 Å². The molecule has 0 aliphatic heterocycles. The Bertz CT molecular complexity index is 733. The summed E-state index contributed by atoms with van der Waals surface area (Å²) in [5.41, 5.74) is 1.93. The molecule has 3 rings (SSSR count). The monoisotopic (exact) mass is 384 g/mol. The van der Waals surface area contributed by atoms with Crippen molar-refractivity contribution in [3.63, 3.8) is 0 Å². The molecule has 0 aliphatic rings. The maximum atomic E-state index is 12.7. The van der Waals surface area contributed by atoms with Crippen molar-refractivity contribution in [2.75, 3.05) is 0 Å². The number of rotatable bonds is 4. The zero-order valence-corrected chi connectivity index (χ0v) is 13.3. The lowest BCUT2D eigenvalue weighted by Crippen LogP contribution is -2.19. The summed E-state index contributed by atoms with van der Waals surface area (Å²) in [5.74, 6) is -0.662. The lowest BCUT2D eigenvalue weighted by molar-refractivity contribution is -0.274. The highest BCUT2D eigenvalue weighted by molar-refractivity contribution is 9.10. The second-order valence-electron chi connectivity index (χ2n) is 4.91. The number of hydrogen-bond donors (Lipinski definition) is 2. The van der Waals surface area contributed by atoms with Gasteiger partial charge in [0.2, 0.25) is 0 Å². The number of halogens is 4. The van der Waals surface area contributed by atoms with Crippen LogP contribution in [0.3, 0.4) is 0 Å². The first-order valence-electron chi connectivity index (χ1n) is 6.76. The maximum absolute atomic E-state index is 12.7. The number of ether oxygens (including phenoxy) is 1. The Morgan fingerprint density at radius 1 is 0.957 bits per heavy atom. The van der Waals surface area contributed by atoms with Gasteiger partial charge in [0, 0.05) is 33.8 Å². The number of nitrogens with one attached hydrogen (secondary N) is 2. The van der Waals surface area contributed by atoms with Crippen LogP contribution in [0.15, 0.2) is 59.3 Å². The summed E-state index contributed by atoms with van der Waals surface area (Å²) in [7, 11) is 0. The lowest BCUT2D eigenvalue weighted by atomic mass is 9.92. The summed E-state index contributed by atoms with van der Waals surface area (Å²) < 4.78 is 43.0. The van der Waals surface area contributed by atoms with Gasteiger partial charge in [0.25, 0.3) is 0 Å². The second kappa shape index (κ2) is 6.16. The fourth-order valence-electron chi connectivity index (χ4n) is 2.51. The third-order valence-electron chi connectivity index (χ3n) is 3.37. The van der Waals surface area contributed by atoms with E-state index in [9.17, 15) is 13.2 Å². The molecule has 2 N–H and O–H groups in total. The molecular weight excluding hydrogens is 373 g/mol. The average molecular weight is 385 g/mol. The predicted octanol–water partition coefficient (Wildman–Crippen LogP) is 5.18. The Balaban J connectivity index is 2.14. The summed E-state index contributed by atoms with van der Waals surface area (Å²) in [6.07, 6.45) is -1.29. The maximum Gasteiger partial charge on any atom is 0.573 e. The number of hydrogen-bond acceptors (Lipinski definition) is 1. The molecule has 2 heterocycles. The highest BCUT2D eigenvalue weighted by Gasteiger charge is 2.34. The van der Waals surface area contributed by atoms with Crippen LogP contribution in [0, 0.1) is 0 Å². The van der Waals surface area contributed by atoms with Gasteiger partial charge in [-0.3, -0.25) is 0 Å². The molecule has 2 aromatic heterocycles. The minimum atomic E-state index is -4.75. The zero-order valence-electron chi connectivity index (χ0n) is 11.7. The molecule has 3 aromatic rings. The molecule has 0 aliphatic carbocycles. The van der Waals surface area contributed by atoms with Crippen LogP contribution in [0.4, 0.5) is 13.2 Å². The van der Waals surface area contributed by atoms with Crippen molar-refractivity contribution in [2.45, 2.75) is 12.3 Å². The van der Waals surface area contributed by atoms with Gasteiger partial charge in [0.1, 0.15) is 5.75 Å². The summed E-state index contributed by atoms with van der Waals surface area (Å²) >= 11 is 3.31. The molecule has 3 nitrogen and oxygen atoms in total. The molecule has 0 saturated heterocycles. The third-order valence-corrected chi connectivity index (χ3v) is 3.87. The van der Waals surface area contributed by atoms with Gasteiger partial charge in [-0.1, -0.05) is 15.9 Å². The second-order valence-corrected chi connectivity index (χ2v) is 5.83. The lowest BCUT2D eigenvalue weighted by Gasteiger charge is -2.20. The number of aromatic nitrogens is 2. The van der Waals surface area contributed by atoms with Crippen LogP contribution < -0.4 is 4.74 Å². The molecule has 0 fully saturated rings. The minimum absolute atomic E-state index is 0.227. The van der Waals surface area contributed by atoms with Gasteiger partial charge in [-0.25, -0.2) is 0 Å². The molecule has 120 valence electrons. The van der Waals surface area contributed by atoms with E-state index in [1.165, 1.54) is 12.1 Å². The van der Waals surface area contributed by atoms with Crippen molar-refractivity contribution in [3.05, 3.63) is 76.3 Å². The zero-order chi connectivity index (χ0) is 16.4. The number of aromatic amines is 2. The summed E-state index contributed by atoms with van der Waals surface area (Å²) in [6, 6.07) is 11.7. The van der Waals surface area contributed by atoms with E-state index in [0.717, 1.165) is 11.4 Å². The van der Waals surface area contributed by atoms with E-state index in [-0.39, 0.29) is 5.75 Å². The minimum Gasteiger partial charge on any atom is -0.405 e. The fraction of sp³-hybridized carbons (Fsp3) is 0.125. The smallest absolute Gasteiger partial charge is 0.405 e. The first kappa shape index (κ1) is 15.7. The molecule has 0 radical (unpaired) electrons. The largest absolute Gasteiger partial charge is 0.573 e. The molecule has 1 aromatic carbocycles. The van der Waals surface area contributed by atoms with Gasteiger partial charge in [-0.2, -0.15) is 0 Å². The summed E-state index contributed by atoms with van der Waals surface area (Å²) in [5, 5.41) is 0. The Morgan fingerprint density at radius 2 is 1.57 bits per heavy atom. The Hall–Kier alpha value is -2.15. The van der Waals surface area contributed by atoms with Gasteiger partial charge < -0.3 is 14.7 Å². The molecule has 0 bridgehead atoms. The molecule has 0 saturated carbocycles. The third kappa shape index (κ3) is 3.61. The topological polar surface area (TPSA) is 40.8 Å². The normalized spacial score (nSPS) is 11.9. The van der Waals surface area contributed by atoms with E-state index in [1.54, 1.807) is 30.6 Å². The molecule has 7 heteroatoms. The van der Waals surface area contributed by atoms with Crippen molar-refractivity contribution in [3.8, 4) is 5.75 Å². The molecular formula is C16H12BrF3N2O. The highest BCUT2D eigenvalue weighted by Crippen LogP contribution is 2.39. The first-order valence-corrected chi connectivity index (χ1v) is 7.55. The Morgan fingerprint density at radius 3 is 2.04 bits per heavy atom. The van der Waals surface area contributed by atoms with Crippen LogP contribution >= 0.6 is 15.9 Å². The number of alkyl halides is 3. The van der Waals surface area contributed by atoms with Crippen molar-refractivity contribution in [1.82, 2.24) is 9.97 Å². The average Bonchev–Trinajstić information content (AvgIpc) is 3.14. The quantitative estimate of drug-likeness (QED) is 0.638. The van der Waals surface area contributed by atoms with Crippen LogP contribution in [0.25, 0.3) is 0 Å². The molecule has 0 spiro atoms. The van der Waals surface area contributed by atoms with Gasteiger partial charge >= 0.3 is 6.36 Å². The van der Waals surface area contributed by atoms with E-state index >= 15 is 0 Å². The van der Waals surface area contributed by atoms with Crippen LogP contribution in [-0.2, 0) is 0 Å². The Kier molecular flexibility index (Phi) is 4.21. The van der Waals surface area contributed by atoms with E-state index in [1.807, 2.05) is 12.1 Å². The van der Waals surface area contributed by atoms with Crippen molar-refractivity contribution in [1.29, 1.82) is 0 Å². The van der Waals surface area contributed by atoms with Crippen molar-refractivity contribution < 1.29 is 17.9 Å². The fourth-order valence-corrected chi connectivity index (χ4v) is 2.89. The number of benzene rings is 1. The SMILES string of the molecule is FC(F)(F)Oc1ccc(Br)cc1C(c1ccc[nH]1)c1ccc[nH]1. The Labute approximate surface area is 138 Å². The standard InChI is InChI=1S/C16H12BrF3N2O/c17-10-5-6-14(23-16(18,19)20)11(9-10)15(12-3-1-7-21-12)13-4-2-8-22-13/h1-9,15,21-22H. The van der Waals surface area contributed by atoms with Crippen LogP contribution in [-0.4, -0.2) is 16.3 Å². The van der Waals surface area contributed by atoms with Gasteiger partial charge in [-0.15, -0.1) is 13.2 Å². The van der Waals surface area contributed by atoms with E-state index in [4.69, 9.17) is 0 Å². The molecule has 0 unspecified atom stereocenters. The van der Waals surface area contributed by atoms with E-state index < -0.39 is 12.3 Å². The molecule has 23 heavy (non-hydrogen) atoms. The van der Waals surface area contributed by atoms with Crippen LogP contribution in [0.1, 0.15) is 22.9 Å². The van der Waals surface area contributed by atoms with Crippen LogP contribution in [0.2, 0.25) is 0 Å². The summed E-state index contributed by atoms with van der Waals surface area (Å²) in [6.45, 7) is 0. The van der Waals surface area contributed by atoms with Gasteiger partial charge in [0.15, 0.2) is 0 Å². The number of H-pyrrole nitrogens is 2. The van der Waals surface area contributed by atoms with E-state index in [0.29, 0.717) is 10.0 Å². The van der Waals surface area contributed by atoms with Crippen LogP contribution in [0.5, 0.6) is 5.75 Å². The van der Waals surface area contributed by atoms with Gasteiger partial charge in [-0.05, 0) is 42.5 Å². The predicted molar refractivity (Wildman–Crippen MR) is 83.4 cm³/mol.